The lowest BCUT2D eigenvalue weighted by Crippen LogP contribution is -2.36. The van der Waals surface area contributed by atoms with Crippen molar-refractivity contribution in [2.45, 2.75) is 12.5 Å². The van der Waals surface area contributed by atoms with E-state index in [1.807, 2.05) is 18.2 Å². The standard InChI is InChI=1S/C27H23N3O6/c1-35-27(34)18-5-3-2-4-17(18)25-19-8-6-15(28)12-22(19)36-23-13-16(7-9-20(23)25)29-21-14-24(32)30(10-11-31)26(21)33/h2-9,12-13,21,28-29,31H,10-11,14H2,1H3. The number of amides is 2. The smallest absolute Gasteiger partial charge is 0.338 e. The number of nitrogens with one attached hydrogen (secondary N) is 2. The third-order valence-corrected chi connectivity index (χ3v) is 6.23. The first-order valence-corrected chi connectivity index (χ1v) is 11.4. The van der Waals surface area contributed by atoms with Crippen LogP contribution >= 0.6 is 0 Å². The number of benzene rings is 3. The summed E-state index contributed by atoms with van der Waals surface area (Å²) >= 11 is 0. The van der Waals surface area contributed by atoms with Gasteiger partial charge in [-0.25, -0.2) is 4.79 Å². The van der Waals surface area contributed by atoms with Gasteiger partial charge in [0.2, 0.25) is 5.91 Å². The Morgan fingerprint density at radius 1 is 1.14 bits per heavy atom. The number of anilines is 1. The van der Waals surface area contributed by atoms with Gasteiger partial charge in [-0.05, 0) is 35.9 Å². The van der Waals surface area contributed by atoms with Gasteiger partial charge in [-0.2, -0.15) is 0 Å². The van der Waals surface area contributed by atoms with Crippen LogP contribution in [0, 0.1) is 5.41 Å². The molecule has 9 nitrogen and oxygen atoms in total. The molecule has 182 valence electrons. The fraction of sp³-hybridized carbons (Fsp3) is 0.185. The number of β-amino-alcohol motifs (C(OH)–C–C–N with tert-alkyl or cyclic N) is 1. The molecule has 9 heteroatoms. The second-order valence-corrected chi connectivity index (χ2v) is 8.44. The van der Waals surface area contributed by atoms with Crippen molar-refractivity contribution in [2.75, 3.05) is 25.6 Å². The number of hydrogen-bond acceptors (Lipinski definition) is 8. The first-order chi connectivity index (χ1) is 17.4. The summed E-state index contributed by atoms with van der Waals surface area (Å²) in [5.74, 6) is -0.744. The van der Waals surface area contributed by atoms with E-state index in [9.17, 15) is 14.4 Å². The molecule has 36 heavy (non-hydrogen) atoms. The number of ether oxygens (including phenoxy) is 1. The Balaban J connectivity index is 1.65. The van der Waals surface area contributed by atoms with E-state index in [1.54, 1.807) is 42.5 Å². The van der Waals surface area contributed by atoms with Gasteiger partial charge in [-0.1, -0.05) is 18.2 Å². The first-order valence-electron chi connectivity index (χ1n) is 11.4. The second-order valence-electron chi connectivity index (χ2n) is 8.44. The van der Waals surface area contributed by atoms with Gasteiger partial charge < -0.3 is 25.0 Å². The van der Waals surface area contributed by atoms with Crippen LogP contribution in [0.25, 0.3) is 33.4 Å². The normalized spacial score (nSPS) is 15.6. The largest absolute Gasteiger partial charge is 0.465 e. The molecule has 3 N–H and O–H groups in total. The van der Waals surface area contributed by atoms with E-state index in [1.165, 1.54) is 7.11 Å². The topological polar surface area (TPSA) is 133 Å². The third kappa shape index (κ3) is 3.99. The molecular formula is C27H23N3O6. The minimum Gasteiger partial charge on any atom is -0.465 e. The molecule has 2 aromatic carbocycles. The molecule has 0 saturated carbocycles. The SMILES string of the molecule is COC(=O)c1ccccc1-c1c2ccc(=N)cc-2oc2cc(NC3CC(=O)N(CCO)C3=O)ccc12. The first kappa shape index (κ1) is 23.3. The van der Waals surface area contributed by atoms with E-state index in [2.05, 4.69) is 5.32 Å². The van der Waals surface area contributed by atoms with Gasteiger partial charge >= 0.3 is 5.97 Å². The minimum atomic E-state index is -0.749. The highest BCUT2D eigenvalue weighted by atomic mass is 16.5. The van der Waals surface area contributed by atoms with Gasteiger partial charge in [0.1, 0.15) is 17.4 Å². The Bertz CT molecular complexity index is 1540. The molecule has 0 spiro atoms. The molecule has 2 heterocycles. The van der Waals surface area contributed by atoms with Crippen LogP contribution in [0.1, 0.15) is 16.8 Å². The van der Waals surface area contributed by atoms with Crippen LogP contribution in [0.2, 0.25) is 0 Å². The summed E-state index contributed by atoms with van der Waals surface area (Å²) < 4.78 is 11.2. The van der Waals surface area contributed by atoms with Gasteiger partial charge in [0, 0.05) is 34.3 Å². The highest BCUT2D eigenvalue weighted by molar-refractivity contribution is 6.09. The van der Waals surface area contributed by atoms with Gasteiger partial charge in [0.25, 0.3) is 5.91 Å². The van der Waals surface area contributed by atoms with Crippen LogP contribution in [0.5, 0.6) is 0 Å². The monoisotopic (exact) mass is 485 g/mol. The number of nitrogens with zero attached hydrogens (tertiary/aromatic N) is 1. The number of esters is 1. The predicted molar refractivity (Wildman–Crippen MR) is 131 cm³/mol. The maximum absolute atomic E-state index is 12.6. The quantitative estimate of drug-likeness (QED) is 0.217. The number of carbonyl (C=O) groups excluding carboxylic acids is 3. The lowest BCUT2D eigenvalue weighted by atomic mass is 9.90. The van der Waals surface area contributed by atoms with E-state index >= 15 is 0 Å². The number of aliphatic hydroxyl groups excluding tert-OH is 1. The zero-order chi connectivity index (χ0) is 25.4. The molecule has 2 aromatic rings. The van der Waals surface area contributed by atoms with Crippen LogP contribution in [-0.4, -0.2) is 54.1 Å². The van der Waals surface area contributed by atoms with E-state index in [0.29, 0.717) is 28.2 Å². The fourth-order valence-corrected chi connectivity index (χ4v) is 4.59. The van der Waals surface area contributed by atoms with Crippen molar-refractivity contribution in [3.05, 3.63) is 71.6 Å². The van der Waals surface area contributed by atoms with Crippen LogP contribution in [0.15, 0.2) is 65.1 Å². The molecule has 2 amide bonds. The summed E-state index contributed by atoms with van der Waals surface area (Å²) in [5, 5.41) is 21.3. The van der Waals surface area contributed by atoms with Crippen molar-refractivity contribution in [1.82, 2.24) is 4.90 Å². The Morgan fingerprint density at radius 3 is 2.72 bits per heavy atom. The molecule has 5 rings (SSSR count). The molecule has 1 saturated heterocycles. The molecule has 3 aliphatic rings. The fourth-order valence-electron chi connectivity index (χ4n) is 4.59. The summed E-state index contributed by atoms with van der Waals surface area (Å²) in [6.45, 7) is -0.326. The zero-order valence-electron chi connectivity index (χ0n) is 19.4. The molecule has 1 atom stereocenters. The highest BCUT2D eigenvalue weighted by Gasteiger charge is 2.38. The van der Waals surface area contributed by atoms with E-state index in [4.69, 9.17) is 19.7 Å². The molecule has 1 fully saturated rings. The highest BCUT2D eigenvalue weighted by Crippen LogP contribution is 2.42. The Labute approximate surface area is 205 Å². The third-order valence-electron chi connectivity index (χ3n) is 6.23. The number of imide groups is 1. The maximum Gasteiger partial charge on any atom is 0.338 e. The number of fused-ring (bicyclic) bond motifs is 2. The summed E-state index contributed by atoms with van der Waals surface area (Å²) in [6, 6.07) is 16.7. The molecule has 1 unspecified atom stereocenters. The van der Waals surface area contributed by atoms with Gasteiger partial charge in [-0.15, -0.1) is 0 Å². The Hall–Kier alpha value is -4.50. The number of aliphatic hydroxyl groups is 1. The summed E-state index contributed by atoms with van der Waals surface area (Å²) in [6.07, 6.45) is -0.00824. The van der Waals surface area contributed by atoms with Crippen LogP contribution in [-0.2, 0) is 14.3 Å². The van der Waals surface area contributed by atoms with Gasteiger partial charge in [-0.3, -0.25) is 14.5 Å². The molecule has 0 bridgehead atoms. The average Bonchev–Trinajstić information content (AvgIpc) is 3.14. The summed E-state index contributed by atoms with van der Waals surface area (Å²) in [4.78, 5) is 38.4. The van der Waals surface area contributed by atoms with Crippen molar-refractivity contribution in [1.29, 1.82) is 5.41 Å². The average molecular weight is 485 g/mol. The number of hydrogen-bond donors (Lipinski definition) is 3. The lowest BCUT2D eigenvalue weighted by molar-refractivity contribution is -0.139. The Kier molecular flexibility index (Phi) is 5.99. The number of likely N-dealkylation sites (tertiary alicyclic amines) is 1. The van der Waals surface area contributed by atoms with Crippen LogP contribution < -0.4 is 10.7 Å². The molecule has 2 aliphatic heterocycles. The molecular weight excluding hydrogens is 462 g/mol. The van der Waals surface area contributed by atoms with Gasteiger partial charge in [0.05, 0.1) is 37.6 Å². The number of methoxy groups -OCH3 is 1. The van der Waals surface area contributed by atoms with E-state index in [-0.39, 0.29) is 30.8 Å². The van der Waals surface area contributed by atoms with Crippen molar-refractivity contribution >= 4 is 34.4 Å². The second kappa shape index (κ2) is 9.27. The van der Waals surface area contributed by atoms with Crippen molar-refractivity contribution in [3.8, 4) is 22.5 Å². The van der Waals surface area contributed by atoms with Crippen LogP contribution in [0.3, 0.4) is 0 Å². The minimum absolute atomic E-state index is 0.00824. The molecule has 1 aliphatic carbocycles. The number of carbonyl (C=O) groups is 3. The van der Waals surface area contributed by atoms with Gasteiger partial charge in [0.15, 0.2) is 0 Å². The Morgan fingerprint density at radius 2 is 1.94 bits per heavy atom. The van der Waals surface area contributed by atoms with Crippen molar-refractivity contribution in [3.63, 3.8) is 0 Å². The van der Waals surface area contributed by atoms with Crippen molar-refractivity contribution < 1.29 is 28.6 Å². The van der Waals surface area contributed by atoms with Crippen molar-refractivity contribution in [2.24, 2.45) is 0 Å². The molecule has 0 radical (unpaired) electrons. The zero-order valence-corrected chi connectivity index (χ0v) is 19.4. The van der Waals surface area contributed by atoms with E-state index < -0.39 is 17.9 Å². The summed E-state index contributed by atoms with van der Waals surface area (Å²) in [7, 11) is 1.33. The van der Waals surface area contributed by atoms with Crippen LogP contribution in [0.4, 0.5) is 5.69 Å². The predicted octanol–water partition coefficient (Wildman–Crippen LogP) is 3.00. The number of rotatable bonds is 6. The van der Waals surface area contributed by atoms with E-state index in [0.717, 1.165) is 21.4 Å². The molecule has 0 aromatic heterocycles. The maximum atomic E-state index is 12.6. The lowest BCUT2D eigenvalue weighted by Gasteiger charge is -2.18. The summed E-state index contributed by atoms with van der Waals surface area (Å²) in [5.41, 5.74) is 3.56.